The van der Waals surface area contributed by atoms with Crippen LogP contribution >= 0.6 is 0 Å². The predicted octanol–water partition coefficient (Wildman–Crippen LogP) is 1.43. The first-order chi connectivity index (χ1) is 4.81. The van der Waals surface area contributed by atoms with E-state index < -0.39 is 0 Å². The normalized spacial score (nSPS) is 14.3. The molecule has 0 saturated heterocycles. The van der Waals surface area contributed by atoms with E-state index >= 15 is 0 Å². The second-order valence-electron chi connectivity index (χ2n) is 2.04. The minimum Gasteiger partial charge on any atom is -0.292 e. The van der Waals surface area contributed by atoms with Crippen LogP contribution in [0.2, 0.25) is 0 Å². The Morgan fingerprint density at radius 3 is 2.80 bits per heavy atom. The van der Waals surface area contributed by atoms with Gasteiger partial charge >= 0.3 is 0 Å². The van der Waals surface area contributed by atoms with Crippen molar-refractivity contribution in [3.05, 3.63) is 0 Å². The van der Waals surface area contributed by atoms with Crippen LogP contribution in [0, 0.1) is 0 Å². The van der Waals surface area contributed by atoms with Crippen LogP contribution in [-0.4, -0.2) is 26.0 Å². The van der Waals surface area contributed by atoms with Crippen molar-refractivity contribution in [3.63, 3.8) is 0 Å². The molecule has 0 aromatic carbocycles. The SMILES string of the molecule is CCC(C)N=CCOOC. The lowest BCUT2D eigenvalue weighted by atomic mass is 10.3. The number of nitrogens with zero attached hydrogens (tertiary/aromatic N) is 1. The summed E-state index contributed by atoms with van der Waals surface area (Å²) in [6.45, 7) is 4.59. The molecule has 0 aromatic rings. The Hall–Kier alpha value is -0.410. The van der Waals surface area contributed by atoms with Crippen molar-refractivity contribution in [2.24, 2.45) is 4.99 Å². The van der Waals surface area contributed by atoms with Crippen LogP contribution in [0.1, 0.15) is 20.3 Å². The summed E-state index contributed by atoms with van der Waals surface area (Å²) in [5, 5.41) is 0. The highest BCUT2D eigenvalue weighted by atomic mass is 17.2. The van der Waals surface area contributed by atoms with Crippen LogP contribution in [0.15, 0.2) is 4.99 Å². The van der Waals surface area contributed by atoms with Crippen molar-refractivity contribution >= 4 is 6.21 Å². The standard InChI is InChI=1S/C7H15NO2/c1-4-7(2)8-5-6-10-9-3/h5,7H,4,6H2,1-3H3. The average Bonchev–Trinajstić information content (AvgIpc) is 1.98. The molecule has 60 valence electrons. The van der Waals surface area contributed by atoms with Gasteiger partial charge < -0.3 is 0 Å². The molecule has 3 heteroatoms. The van der Waals surface area contributed by atoms with Gasteiger partial charge in [0.2, 0.25) is 0 Å². The second-order valence-corrected chi connectivity index (χ2v) is 2.04. The Morgan fingerprint density at radius 1 is 1.60 bits per heavy atom. The van der Waals surface area contributed by atoms with E-state index in [9.17, 15) is 0 Å². The number of rotatable bonds is 5. The number of aliphatic imine (C=N–C) groups is 1. The van der Waals surface area contributed by atoms with E-state index in [0.717, 1.165) is 6.42 Å². The highest BCUT2D eigenvalue weighted by Gasteiger charge is 1.89. The maximum atomic E-state index is 4.58. The first-order valence-corrected chi connectivity index (χ1v) is 3.48. The molecule has 0 amide bonds. The largest absolute Gasteiger partial charge is 0.292 e. The fraction of sp³-hybridized carbons (Fsp3) is 0.857. The van der Waals surface area contributed by atoms with Crippen LogP contribution in [0.5, 0.6) is 0 Å². The lowest BCUT2D eigenvalue weighted by Crippen LogP contribution is -1.99. The zero-order chi connectivity index (χ0) is 7.82. The molecule has 0 spiro atoms. The van der Waals surface area contributed by atoms with Crippen molar-refractivity contribution in [1.82, 2.24) is 0 Å². The van der Waals surface area contributed by atoms with Crippen molar-refractivity contribution in [2.75, 3.05) is 13.7 Å². The third-order valence-electron chi connectivity index (χ3n) is 1.21. The van der Waals surface area contributed by atoms with Gasteiger partial charge in [-0.3, -0.25) is 4.99 Å². The highest BCUT2D eigenvalue weighted by molar-refractivity contribution is 5.58. The first-order valence-electron chi connectivity index (χ1n) is 3.48. The Labute approximate surface area is 62.0 Å². The second kappa shape index (κ2) is 6.71. The summed E-state index contributed by atoms with van der Waals surface area (Å²) < 4.78 is 0. The molecule has 1 unspecified atom stereocenters. The van der Waals surface area contributed by atoms with Crippen LogP contribution in [0.25, 0.3) is 0 Å². The molecule has 0 aromatic heterocycles. The fourth-order valence-corrected chi connectivity index (χ4v) is 0.427. The summed E-state index contributed by atoms with van der Waals surface area (Å²) in [5.74, 6) is 0. The Bertz CT molecular complexity index is 93.6. The summed E-state index contributed by atoms with van der Waals surface area (Å²) in [5.41, 5.74) is 0. The van der Waals surface area contributed by atoms with Gasteiger partial charge in [0.1, 0.15) is 6.61 Å². The fourth-order valence-electron chi connectivity index (χ4n) is 0.427. The maximum Gasteiger partial charge on any atom is 0.117 e. The van der Waals surface area contributed by atoms with Gasteiger partial charge in [-0.2, -0.15) is 0 Å². The van der Waals surface area contributed by atoms with Gasteiger partial charge in [-0.15, -0.1) is 0 Å². The average molecular weight is 145 g/mol. The molecule has 0 fully saturated rings. The quantitative estimate of drug-likeness (QED) is 0.253. The van der Waals surface area contributed by atoms with Gasteiger partial charge in [0.05, 0.1) is 7.11 Å². The van der Waals surface area contributed by atoms with Gasteiger partial charge in [-0.05, 0) is 13.3 Å². The molecule has 3 nitrogen and oxygen atoms in total. The van der Waals surface area contributed by atoms with Gasteiger partial charge in [-0.25, -0.2) is 9.78 Å². The van der Waals surface area contributed by atoms with Crippen LogP contribution in [-0.2, 0) is 9.78 Å². The molecule has 10 heavy (non-hydrogen) atoms. The molecule has 0 bridgehead atoms. The minimum atomic E-state index is 0.389. The molecular formula is C7H15NO2. The molecule has 0 aliphatic rings. The molecule has 0 radical (unpaired) electrons. The van der Waals surface area contributed by atoms with E-state index in [-0.39, 0.29) is 0 Å². The third kappa shape index (κ3) is 5.72. The van der Waals surface area contributed by atoms with E-state index in [1.54, 1.807) is 6.21 Å². The highest BCUT2D eigenvalue weighted by Crippen LogP contribution is 1.92. The summed E-state index contributed by atoms with van der Waals surface area (Å²) in [6.07, 6.45) is 2.78. The molecular weight excluding hydrogens is 130 g/mol. The first kappa shape index (κ1) is 9.59. The van der Waals surface area contributed by atoms with Crippen molar-refractivity contribution < 1.29 is 9.78 Å². The van der Waals surface area contributed by atoms with Gasteiger partial charge in [0.15, 0.2) is 0 Å². The summed E-state index contributed by atoms with van der Waals surface area (Å²) >= 11 is 0. The van der Waals surface area contributed by atoms with Crippen molar-refractivity contribution in [1.29, 1.82) is 0 Å². The predicted molar refractivity (Wildman–Crippen MR) is 41.2 cm³/mol. The number of hydrogen-bond donors (Lipinski definition) is 0. The van der Waals surface area contributed by atoms with Gasteiger partial charge in [-0.1, -0.05) is 6.92 Å². The van der Waals surface area contributed by atoms with Gasteiger partial charge in [0, 0.05) is 12.3 Å². The van der Waals surface area contributed by atoms with E-state index in [1.165, 1.54) is 7.11 Å². The van der Waals surface area contributed by atoms with Crippen LogP contribution in [0.3, 0.4) is 0 Å². The Morgan fingerprint density at radius 2 is 2.30 bits per heavy atom. The summed E-state index contributed by atoms with van der Waals surface area (Å²) in [7, 11) is 1.48. The van der Waals surface area contributed by atoms with Crippen molar-refractivity contribution in [3.8, 4) is 0 Å². The lowest BCUT2D eigenvalue weighted by Gasteiger charge is -1.98. The Kier molecular flexibility index (Phi) is 6.43. The smallest absolute Gasteiger partial charge is 0.117 e. The zero-order valence-electron chi connectivity index (χ0n) is 6.83. The van der Waals surface area contributed by atoms with E-state index in [0.29, 0.717) is 12.6 Å². The lowest BCUT2D eigenvalue weighted by molar-refractivity contribution is -0.258. The van der Waals surface area contributed by atoms with Crippen LogP contribution in [0.4, 0.5) is 0 Å². The summed E-state index contributed by atoms with van der Waals surface area (Å²) in [6, 6.07) is 0.389. The van der Waals surface area contributed by atoms with E-state index in [4.69, 9.17) is 0 Å². The van der Waals surface area contributed by atoms with E-state index in [1.807, 2.05) is 0 Å². The third-order valence-corrected chi connectivity index (χ3v) is 1.21. The molecule has 0 aliphatic heterocycles. The zero-order valence-corrected chi connectivity index (χ0v) is 6.83. The van der Waals surface area contributed by atoms with Crippen molar-refractivity contribution in [2.45, 2.75) is 26.3 Å². The molecule has 0 saturated carbocycles. The van der Waals surface area contributed by atoms with Crippen LogP contribution < -0.4 is 0 Å². The number of hydrogen-bond acceptors (Lipinski definition) is 3. The molecule has 0 N–H and O–H groups in total. The molecule has 0 rings (SSSR count). The van der Waals surface area contributed by atoms with Gasteiger partial charge in [0.25, 0.3) is 0 Å². The summed E-state index contributed by atoms with van der Waals surface area (Å²) in [4.78, 5) is 13.1. The topological polar surface area (TPSA) is 30.8 Å². The van der Waals surface area contributed by atoms with E-state index in [2.05, 4.69) is 28.6 Å². The molecule has 1 atom stereocenters. The maximum absolute atomic E-state index is 4.58. The minimum absolute atomic E-state index is 0.389. The Balaban J connectivity index is 3.18. The molecule has 0 heterocycles. The monoisotopic (exact) mass is 145 g/mol. The molecule has 0 aliphatic carbocycles.